The van der Waals surface area contributed by atoms with Crippen LogP contribution in [0.15, 0.2) is 24.4 Å². The molecule has 2 N–H and O–H groups in total. The topological polar surface area (TPSA) is 61.0 Å². The Kier molecular flexibility index (Phi) is 4.52. The van der Waals surface area contributed by atoms with E-state index in [1.54, 1.807) is 6.20 Å². The highest BCUT2D eigenvalue weighted by Crippen LogP contribution is 2.31. The third-order valence-corrected chi connectivity index (χ3v) is 2.97. The molecule has 0 radical (unpaired) electrons. The summed E-state index contributed by atoms with van der Waals surface area (Å²) in [7, 11) is 0. The van der Waals surface area contributed by atoms with Gasteiger partial charge in [-0.15, -0.1) is 0 Å². The molecule has 2 aromatic rings. The van der Waals surface area contributed by atoms with Gasteiger partial charge in [0, 0.05) is 12.5 Å². The molecule has 0 aliphatic carbocycles. The fourth-order valence-electron chi connectivity index (χ4n) is 1.61. The molecule has 1 heterocycles. The maximum absolute atomic E-state index is 13.0. The second-order valence-corrected chi connectivity index (χ2v) is 4.98. The summed E-state index contributed by atoms with van der Waals surface area (Å²) >= 11 is 5.92. The highest BCUT2D eigenvalue weighted by molar-refractivity contribution is 6.32. The molecule has 2 rings (SSSR count). The standard InChI is InChI=1S/C14H15ClFN3O/c1-8(2)14-18-7-13(11(6-17)19-14)20-12-4-3-9(16)5-10(12)15/h3-5,7-8H,6,17H2,1-2H3. The summed E-state index contributed by atoms with van der Waals surface area (Å²) in [6, 6.07) is 3.91. The van der Waals surface area contributed by atoms with Gasteiger partial charge in [-0.3, -0.25) is 0 Å². The Labute approximate surface area is 121 Å². The summed E-state index contributed by atoms with van der Waals surface area (Å²) in [5, 5.41) is 0.181. The quantitative estimate of drug-likeness (QED) is 0.935. The minimum atomic E-state index is -0.423. The van der Waals surface area contributed by atoms with Crippen molar-refractivity contribution in [3.05, 3.63) is 46.8 Å². The number of halogens is 2. The molecule has 0 amide bonds. The summed E-state index contributed by atoms with van der Waals surface area (Å²) in [6.07, 6.45) is 1.56. The van der Waals surface area contributed by atoms with Crippen molar-refractivity contribution in [1.82, 2.24) is 9.97 Å². The van der Waals surface area contributed by atoms with Gasteiger partial charge < -0.3 is 10.5 Å². The number of ether oxygens (including phenoxy) is 1. The van der Waals surface area contributed by atoms with Gasteiger partial charge in [0.05, 0.1) is 11.2 Å². The molecule has 4 nitrogen and oxygen atoms in total. The lowest BCUT2D eigenvalue weighted by atomic mass is 10.2. The highest BCUT2D eigenvalue weighted by atomic mass is 35.5. The predicted molar refractivity (Wildman–Crippen MR) is 75.5 cm³/mol. The zero-order valence-electron chi connectivity index (χ0n) is 11.2. The molecule has 20 heavy (non-hydrogen) atoms. The molecule has 0 spiro atoms. The number of nitrogens with zero attached hydrogens (tertiary/aromatic N) is 2. The molecule has 1 aromatic heterocycles. The van der Waals surface area contributed by atoms with E-state index in [1.165, 1.54) is 18.2 Å². The van der Waals surface area contributed by atoms with Crippen molar-refractivity contribution >= 4 is 11.6 Å². The molecule has 106 valence electrons. The van der Waals surface area contributed by atoms with E-state index in [2.05, 4.69) is 9.97 Å². The van der Waals surface area contributed by atoms with E-state index in [1.807, 2.05) is 13.8 Å². The van der Waals surface area contributed by atoms with E-state index >= 15 is 0 Å². The van der Waals surface area contributed by atoms with Gasteiger partial charge in [-0.2, -0.15) is 0 Å². The second-order valence-electron chi connectivity index (χ2n) is 4.57. The molecular weight excluding hydrogens is 281 g/mol. The van der Waals surface area contributed by atoms with Gasteiger partial charge in [-0.1, -0.05) is 25.4 Å². The maximum Gasteiger partial charge on any atom is 0.168 e. The first-order chi connectivity index (χ1) is 9.51. The number of rotatable bonds is 4. The molecule has 1 aromatic carbocycles. The van der Waals surface area contributed by atoms with Crippen molar-refractivity contribution in [2.45, 2.75) is 26.3 Å². The van der Waals surface area contributed by atoms with Gasteiger partial charge in [0.2, 0.25) is 0 Å². The van der Waals surface area contributed by atoms with E-state index < -0.39 is 5.82 Å². The van der Waals surface area contributed by atoms with Crippen LogP contribution in [-0.4, -0.2) is 9.97 Å². The lowest BCUT2D eigenvalue weighted by molar-refractivity contribution is 0.466. The number of nitrogens with two attached hydrogens (primary N) is 1. The summed E-state index contributed by atoms with van der Waals surface area (Å²) in [5.74, 6) is 1.23. The van der Waals surface area contributed by atoms with Gasteiger partial charge in [-0.05, 0) is 18.2 Å². The Morgan fingerprint density at radius 2 is 2.10 bits per heavy atom. The Morgan fingerprint density at radius 3 is 2.70 bits per heavy atom. The smallest absolute Gasteiger partial charge is 0.168 e. The van der Waals surface area contributed by atoms with Crippen LogP contribution < -0.4 is 10.5 Å². The van der Waals surface area contributed by atoms with Crippen LogP contribution in [0, 0.1) is 5.82 Å². The van der Waals surface area contributed by atoms with Crippen LogP contribution in [0.1, 0.15) is 31.3 Å². The molecular formula is C14H15ClFN3O. The summed E-state index contributed by atoms with van der Waals surface area (Å²) in [5.41, 5.74) is 6.26. The average molecular weight is 296 g/mol. The normalized spacial score (nSPS) is 10.9. The number of aromatic nitrogens is 2. The van der Waals surface area contributed by atoms with Crippen molar-refractivity contribution in [2.24, 2.45) is 5.73 Å². The summed E-state index contributed by atoms with van der Waals surface area (Å²) < 4.78 is 18.6. The Morgan fingerprint density at radius 1 is 1.35 bits per heavy atom. The number of hydrogen-bond acceptors (Lipinski definition) is 4. The van der Waals surface area contributed by atoms with Crippen molar-refractivity contribution in [2.75, 3.05) is 0 Å². The molecule has 0 saturated heterocycles. The van der Waals surface area contributed by atoms with Crippen LogP contribution in [-0.2, 0) is 6.54 Å². The molecule has 0 aliphatic rings. The minimum Gasteiger partial charge on any atom is -0.452 e. The third kappa shape index (κ3) is 3.23. The Balaban J connectivity index is 2.33. The number of benzene rings is 1. The predicted octanol–water partition coefficient (Wildman–Crippen LogP) is 3.64. The van der Waals surface area contributed by atoms with Crippen LogP contribution >= 0.6 is 11.6 Å². The van der Waals surface area contributed by atoms with Gasteiger partial charge in [0.1, 0.15) is 23.1 Å². The monoisotopic (exact) mass is 295 g/mol. The van der Waals surface area contributed by atoms with Crippen molar-refractivity contribution in [3.63, 3.8) is 0 Å². The van der Waals surface area contributed by atoms with E-state index in [0.29, 0.717) is 23.0 Å². The molecule has 0 bridgehead atoms. The maximum atomic E-state index is 13.0. The Hall–Kier alpha value is -1.72. The van der Waals surface area contributed by atoms with Gasteiger partial charge in [0.15, 0.2) is 5.75 Å². The molecule has 6 heteroatoms. The van der Waals surface area contributed by atoms with Crippen LogP contribution in [0.25, 0.3) is 0 Å². The van der Waals surface area contributed by atoms with E-state index in [4.69, 9.17) is 22.1 Å². The van der Waals surface area contributed by atoms with E-state index in [9.17, 15) is 4.39 Å². The fraction of sp³-hybridized carbons (Fsp3) is 0.286. The van der Waals surface area contributed by atoms with E-state index in [-0.39, 0.29) is 17.5 Å². The summed E-state index contributed by atoms with van der Waals surface area (Å²) in [6.45, 7) is 4.20. The zero-order chi connectivity index (χ0) is 14.7. The third-order valence-electron chi connectivity index (χ3n) is 2.67. The zero-order valence-corrected chi connectivity index (χ0v) is 12.0. The van der Waals surface area contributed by atoms with E-state index in [0.717, 1.165) is 0 Å². The van der Waals surface area contributed by atoms with Crippen molar-refractivity contribution < 1.29 is 9.13 Å². The fourth-order valence-corrected chi connectivity index (χ4v) is 1.81. The first-order valence-electron chi connectivity index (χ1n) is 6.20. The SMILES string of the molecule is CC(C)c1ncc(Oc2ccc(F)cc2Cl)c(CN)n1. The van der Waals surface area contributed by atoms with Crippen LogP contribution in [0.4, 0.5) is 4.39 Å². The van der Waals surface area contributed by atoms with Crippen LogP contribution in [0.5, 0.6) is 11.5 Å². The lowest BCUT2D eigenvalue weighted by Gasteiger charge is -2.12. The minimum absolute atomic E-state index is 0.181. The van der Waals surface area contributed by atoms with Crippen LogP contribution in [0.3, 0.4) is 0 Å². The molecule has 0 unspecified atom stereocenters. The van der Waals surface area contributed by atoms with Gasteiger partial charge in [0.25, 0.3) is 0 Å². The summed E-state index contributed by atoms with van der Waals surface area (Å²) in [4.78, 5) is 8.58. The lowest BCUT2D eigenvalue weighted by Crippen LogP contribution is -2.07. The first-order valence-corrected chi connectivity index (χ1v) is 6.58. The first kappa shape index (κ1) is 14.7. The highest BCUT2D eigenvalue weighted by Gasteiger charge is 2.12. The average Bonchev–Trinajstić information content (AvgIpc) is 2.42. The number of hydrogen-bond donors (Lipinski definition) is 1. The second kappa shape index (κ2) is 6.15. The molecule has 0 atom stereocenters. The molecule has 0 saturated carbocycles. The van der Waals surface area contributed by atoms with Crippen LogP contribution in [0.2, 0.25) is 5.02 Å². The Bertz CT molecular complexity index is 619. The largest absolute Gasteiger partial charge is 0.452 e. The van der Waals surface area contributed by atoms with Crippen molar-refractivity contribution in [3.8, 4) is 11.5 Å². The van der Waals surface area contributed by atoms with Gasteiger partial charge in [-0.25, -0.2) is 14.4 Å². The molecule has 0 aliphatic heterocycles. The molecule has 0 fully saturated rings. The van der Waals surface area contributed by atoms with Gasteiger partial charge >= 0.3 is 0 Å². The van der Waals surface area contributed by atoms with Crippen molar-refractivity contribution in [1.29, 1.82) is 0 Å².